The molecule has 5 nitrogen and oxygen atoms in total. The van der Waals surface area contributed by atoms with Crippen LogP contribution in [0.4, 0.5) is 0 Å². The fraction of sp³-hybridized carbons (Fsp3) is 0.583. The van der Waals surface area contributed by atoms with Crippen molar-refractivity contribution in [1.82, 2.24) is 19.4 Å². The smallest absolute Gasteiger partial charge is 0.130 e. The molecule has 2 aromatic heterocycles. The molecule has 0 aliphatic heterocycles. The predicted octanol–water partition coefficient (Wildman–Crippen LogP) is 2.43. The second-order valence-corrected chi connectivity index (χ2v) is 5.77. The maximum atomic E-state index is 6.28. The van der Waals surface area contributed by atoms with Crippen LogP contribution in [-0.2, 0) is 19.9 Å². The van der Waals surface area contributed by atoms with Gasteiger partial charge in [0.15, 0.2) is 0 Å². The van der Waals surface area contributed by atoms with Gasteiger partial charge in [-0.2, -0.15) is 5.10 Å². The molecule has 1 unspecified atom stereocenters. The predicted molar refractivity (Wildman–Crippen MR) is 77.5 cm³/mol. The normalized spacial score (nSPS) is 12.9. The van der Waals surface area contributed by atoms with Crippen molar-refractivity contribution in [3.63, 3.8) is 0 Å². The van der Waals surface area contributed by atoms with Crippen LogP contribution in [0.5, 0.6) is 0 Å². The lowest BCUT2D eigenvalue weighted by molar-refractivity contribution is 0.711. The molecule has 0 bridgehead atoms. The van der Waals surface area contributed by atoms with E-state index in [1.807, 2.05) is 14.0 Å². The first-order valence-electron chi connectivity index (χ1n) is 6.29. The summed E-state index contributed by atoms with van der Waals surface area (Å²) in [6.07, 6.45) is 2.62. The lowest BCUT2D eigenvalue weighted by atomic mass is 10.0. The van der Waals surface area contributed by atoms with Crippen molar-refractivity contribution < 1.29 is 0 Å². The lowest BCUT2D eigenvalue weighted by Gasteiger charge is -2.10. The van der Waals surface area contributed by atoms with Crippen LogP contribution in [0.3, 0.4) is 0 Å². The van der Waals surface area contributed by atoms with Crippen LogP contribution in [0.15, 0.2) is 0 Å². The molecule has 7 heteroatoms. The average molecular weight is 300 g/mol. The van der Waals surface area contributed by atoms with Crippen LogP contribution in [0.25, 0.3) is 0 Å². The van der Waals surface area contributed by atoms with Gasteiger partial charge in [0.2, 0.25) is 0 Å². The molecule has 2 heterocycles. The minimum Gasteiger partial charge on any atom is -0.323 e. The molecule has 0 saturated heterocycles. The summed E-state index contributed by atoms with van der Waals surface area (Å²) in [7, 11) is 1.83. The van der Waals surface area contributed by atoms with Crippen molar-refractivity contribution in [2.75, 3.05) is 0 Å². The van der Waals surface area contributed by atoms with Gasteiger partial charge in [0.05, 0.1) is 16.3 Å². The Kier molecular flexibility index (Phi) is 4.54. The molecule has 104 valence electrons. The molecule has 0 fully saturated rings. The fourth-order valence-electron chi connectivity index (χ4n) is 2.13. The topological polar surface area (TPSA) is 69.6 Å². The van der Waals surface area contributed by atoms with Gasteiger partial charge in [-0.25, -0.2) is 0 Å². The molecule has 2 N–H and O–H groups in total. The van der Waals surface area contributed by atoms with Crippen molar-refractivity contribution in [3.05, 3.63) is 27.0 Å². The van der Waals surface area contributed by atoms with E-state index in [-0.39, 0.29) is 6.04 Å². The quantitative estimate of drug-likeness (QED) is 0.920. The van der Waals surface area contributed by atoms with Crippen molar-refractivity contribution in [1.29, 1.82) is 0 Å². The maximum Gasteiger partial charge on any atom is 0.130 e. The highest BCUT2D eigenvalue weighted by atomic mass is 35.5. The van der Waals surface area contributed by atoms with Gasteiger partial charge in [0, 0.05) is 18.7 Å². The summed E-state index contributed by atoms with van der Waals surface area (Å²) in [5, 5.41) is 9.11. The third-order valence-corrected chi connectivity index (χ3v) is 4.47. The Balaban J connectivity index is 2.20. The van der Waals surface area contributed by atoms with Crippen LogP contribution in [-0.4, -0.2) is 19.4 Å². The summed E-state index contributed by atoms with van der Waals surface area (Å²) in [6.45, 7) is 4.07. The largest absolute Gasteiger partial charge is 0.323 e. The highest BCUT2D eigenvalue weighted by Crippen LogP contribution is 2.27. The van der Waals surface area contributed by atoms with E-state index in [0.717, 1.165) is 34.7 Å². The molecular formula is C12H18ClN5S. The van der Waals surface area contributed by atoms with Gasteiger partial charge in [-0.15, -0.1) is 5.10 Å². The Morgan fingerprint density at radius 2 is 2.21 bits per heavy atom. The molecule has 2 aromatic rings. The number of nitrogens with two attached hydrogens (primary N) is 1. The fourth-order valence-corrected chi connectivity index (χ4v) is 3.07. The van der Waals surface area contributed by atoms with Crippen LogP contribution in [0.1, 0.15) is 41.2 Å². The Morgan fingerprint density at radius 1 is 1.47 bits per heavy atom. The van der Waals surface area contributed by atoms with Crippen molar-refractivity contribution in [3.8, 4) is 0 Å². The maximum absolute atomic E-state index is 6.28. The standard InChI is InChI=1S/C12H18ClN5S/c1-4-5-10-11(19-17-15-10)9(14)6-8-7(2)16-18(3)12(8)13/h9H,4-6,14H2,1-3H3. The number of halogens is 1. The van der Waals surface area contributed by atoms with E-state index in [1.54, 1.807) is 4.68 Å². The van der Waals surface area contributed by atoms with Gasteiger partial charge in [-0.1, -0.05) is 29.4 Å². The zero-order chi connectivity index (χ0) is 14.0. The van der Waals surface area contributed by atoms with Gasteiger partial charge >= 0.3 is 0 Å². The van der Waals surface area contributed by atoms with E-state index in [1.165, 1.54) is 11.5 Å². The second kappa shape index (κ2) is 5.98. The van der Waals surface area contributed by atoms with E-state index in [9.17, 15) is 0 Å². The van der Waals surface area contributed by atoms with Gasteiger partial charge < -0.3 is 5.73 Å². The van der Waals surface area contributed by atoms with Crippen molar-refractivity contribution in [2.24, 2.45) is 12.8 Å². The summed E-state index contributed by atoms with van der Waals surface area (Å²) in [5.74, 6) is 0. The van der Waals surface area contributed by atoms with Crippen LogP contribution < -0.4 is 5.73 Å². The third kappa shape index (κ3) is 2.96. The molecule has 0 radical (unpaired) electrons. The zero-order valence-corrected chi connectivity index (χ0v) is 12.9. The first-order chi connectivity index (χ1) is 9.04. The highest BCUT2D eigenvalue weighted by Gasteiger charge is 2.20. The summed E-state index contributed by atoms with van der Waals surface area (Å²) >= 11 is 7.62. The number of hydrogen-bond donors (Lipinski definition) is 1. The number of aromatic nitrogens is 4. The minimum absolute atomic E-state index is 0.123. The van der Waals surface area contributed by atoms with E-state index < -0.39 is 0 Å². The monoisotopic (exact) mass is 299 g/mol. The van der Waals surface area contributed by atoms with Gasteiger partial charge in [0.25, 0.3) is 0 Å². The number of nitrogens with zero attached hydrogens (tertiary/aromatic N) is 4. The van der Waals surface area contributed by atoms with E-state index in [2.05, 4.69) is 21.6 Å². The molecule has 0 saturated carbocycles. The van der Waals surface area contributed by atoms with Crippen molar-refractivity contribution >= 4 is 23.1 Å². The number of hydrogen-bond acceptors (Lipinski definition) is 5. The van der Waals surface area contributed by atoms with Gasteiger partial charge in [-0.05, 0) is 31.3 Å². The Morgan fingerprint density at radius 3 is 2.79 bits per heavy atom. The first kappa shape index (κ1) is 14.4. The Hall–Kier alpha value is -0.980. The van der Waals surface area contributed by atoms with E-state index in [4.69, 9.17) is 17.3 Å². The average Bonchev–Trinajstić information content (AvgIpc) is 2.91. The summed E-state index contributed by atoms with van der Waals surface area (Å²) in [4.78, 5) is 1.06. The molecule has 19 heavy (non-hydrogen) atoms. The van der Waals surface area contributed by atoms with Gasteiger partial charge in [-0.3, -0.25) is 4.68 Å². The van der Waals surface area contributed by atoms with Gasteiger partial charge in [0.1, 0.15) is 5.15 Å². The number of aryl methyl sites for hydroxylation is 3. The van der Waals surface area contributed by atoms with Crippen LogP contribution in [0, 0.1) is 6.92 Å². The molecule has 1 atom stereocenters. The van der Waals surface area contributed by atoms with E-state index >= 15 is 0 Å². The second-order valence-electron chi connectivity index (χ2n) is 4.62. The molecule has 0 aliphatic rings. The summed E-state index contributed by atoms with van der Waals surface area (Å²) in [6, 6.07) is -0.123. The summed E-state index contributed by atoms with van der Waals surface area (Å²) < 4.78 is 5.69. The minimum atomic E-state index is -0.123. The van der Waals surface area contributed by atoms with Crippen LogP contribution in [0.2, 0.25) is 5.15 Å². The van der Waals surface area contributed by atoms with Crippen molar-refractivity contribution in [2.45, 2.75) is 39.2 Å². The molecular weight excluding hydrogens is 282 g/mol. The molecule has 0 spiro atoms. The van der Waals surface area contributed by atoms with E-state index in [0.29, 0.717) is 11.6 Å². The molecule has 0 amide bonds. The van der Waals surface area contributed by atoms with Crippen LogP contribution >= 0.6 is 23.1 Å². The molecule has 0 aliphatic carbocycles. The zero-order valence-electron chi connectivity index (χ0n) is 11.4. The lowest BCUT2D eigenvalue weighted by Crippen LogP contribution is -2.14. The third-order valence-electron chi connectivity index (χ3n) is 3.10. The number of rotatable bonds is 5. The summed E-state index contributed by atoms with van der Waals surface area (Å²) in [5.41, 5.74) is 9.23. The SMILES string of the molecule is CCCc1nnsc1C(N)Cc1c(C)nn(C)c1Cl. The Bertz CT molecular complexity index is 562. The Labute approximate surface area is 121 Å². The first-order valence-corrected chi connectivity index (χ1v) is 7.44. The highest BCUT2D eigenvalue weighted by molar-refractivity contribution is 7.05. The molecule has 2 rings (SSSR count). The molecule has 0 aromatic carbocycles.